The maximum atomic E-state index is 12.7. The number of aromatic nitrogens is 1. The molecule has 1 heterocycles. The molecule has 3 aromatic rings. The van der Waals surface area contributed by atoms with Gasteiger partial charge in [0.05, 0.1) is 23.2 Å². The monoisotopic (exact) mass is 418 g/mol. The Bertz CT molecular complexity index is 1010. The largest absolute Gasteiger partial charge is 0.288 e. The van der Waals surface area contributed by atoms with E-state index in [1.54, 1.807) is 36.5 Å². The first-order valence-corrected chi connectivity index (χ1v) is 10.3. The molecule has 6 nitrogen and oxygen atoms in total. The lowest BCUT2D eigenvalue weighted by Gasteiger charge is -2.19. The number of hydrogen-bond donors (Lipinski definition) is 0. The van der Waals surface area contributed by atoms with Gasteiger partial charge in [-0.2, -0.15) is 0 Å². The second kappa shape index (κ2) is 9.27. The Morgan fingerprint density at radius 3 is 2.43 bits per heavy atom. The fourth-order valence-electron chi connectivity index (χ4n) is 2.62. The predicted molar refractivity (Wildman–Crippen MR) is 106 cm³/mol. The summed E-state index contributed by atoms with van der Waals surface area (Å²) in [5, 5.41) is 0.579. The quantitative estimate of drug-likeness (QED) is 0.517. The number of benzene rings is 2. The first-order chi connectivity index (χ1) is 13.5. The molecule has 0 aliphatic heterocycles. The fraction of sp³-hybridized carbons (Fsp3) is 0.150. The molecule has 0 saturated carbocycles. The van der Waals surface area contributed by atoms with Gasteiger partial charge in [0.25, 0.3) is 10.0 Å². The number of pyridine rings is 1. The van der Waals surface area contributed by atoms with Crippen molar-refractivity contribution in [1.82, 2.24) is 9.62 Å². The lowest BCUT2D eigenvalue weighted by molar-refractivity contribution is -0.293. The van der Waals surface area contributed by atoms with E-state index in [0.29, 0.717) is 16.1 Å². The number of nitrogens with zero attached hydrogens (tertiary/aromatic N) is 2. The van der Waals surface area contributed by atoms with Gasteiger partial charge < -0.3 is 0 Å². The van der Waals surface area contributed by atoms with Gasteiger partial charge in [-0.05, 0) is 47.5 Å². The Hall–Kier alpha value is -2.29. The first kappa shape index (κ1) is 20.4. The van der Waals surface area contributed by atoms with Crippen LogP contribution in [0, 0.1) is 0 Å². The Kier molecular flexibility index (Phi) is 6.77. The molecule has 0 atom stereocenters. The third-order valence-electron chi connectivity index (χ3n) is 3.98. The topological polar surface area (TPSA) is 68.7 Å². The van der Waals surface area contributed by atoms with Gasteiger partial charge in [-0.1, -0.05) is 41.9 Å². The molecule has 0 unspecified atom stereocenters. The van der Waals surface area contributed by atoms with Crippen LogP contribution in [0.3, 0.4) is 0 Å². The van der Waals surface area contributed by atoms with E-state index in [4.69, 9.17) is 21.3 Å². The van der Waals surface area contributed by atoms with Gasteiger partial charge in [0.2, 0.25) is 0 Å². The van der Waals surface area contributed by atoms with Crippen LogP contribution < -0.4 is 0 Å². The van der Waals surface area contributed by atoms with Gasteiger partial charge in [-0.25, -0.2) is 8.42 Å². The SMILES string of the molecule is CON(OCc1ccc(Cl)cc1Cc1ccccn1)S(=O)(=O)c1ccccc1. The molecule has 0 radical (unpaired) electrons. The van der Waals surface area contributed by atoms with Crippen molar-refractivity contribution >= 4 is 21.6 Å². The van der Waals surface area contributed by atoms with Crippen LogP contribution in [0.5, 0.6) is 0 Å². The molecule has 3 rings (SSSR count). The van der Waals surface area contributed by atoms with Crippen LogP contribution in [0.1, 0.15) is 16.8 Å². The maximum Gasteiger partial charge on any atom is 0.288 e. The Morgan fingerprint density at radius 1 is 1.00 bits per heavy atom. The molecule has 1 aromatic heterocycles. The zero-order valence-corrected chi connectivity index (χ0v) is 16.7. The zero-order chi connectivity index (χ0) is 20.0. The minimum absolute atomic E-state index is 0.0146. The van der Waals surface area contributed by atoms with Crippen LogP contribution in [0.2, 0.25) is 5.02 Å². The predicted octanol–water partition coefficient (Wildman–Crippen LogP) is 4.01. The molecular weight excluding hydrogens is 400 g/mol. The highest BCUT2D eigenvalue weighted by Crippen LogP contribution is 2.22. The molecule has 0 aliphatic rings. The highest BCUT2D eigenvalue weighted by Gasteiger charge is 2.26. The van der Waals surface area contributed by atoms with E-state index < -0.39 is 10.0 Å². The van der Waals surface area contributed by atoms with E-state index >= 15 is 0 Å². The minimum Gasteiger partial charge on any atom is -0.264 e. The number of halogens is 1. The molecule has 8 heteroatoms. The van der Waals surface area contributed by atoms with Gasteiger partial charge in [0, 0.05) is 23.3 Å². The van der Waals surface area contributed by atoms with Crippen LogP contribution in [0.15, 0.2) is 77.8 Å². The molecule has 0 fully saturated rings. The summed E-state index contributed by atoms with van der Waals surface area (Å²) in [4.78, 5) is 14.8. The fourth-order valence-corrected chi connectivity index (χ4v) is 3.87. The van der Waals surface area contributed by atoms with Crippen molar-refractivity contribution in [3.8, 4) is 0 Å². The third kappa shape index (κ3) is 4.95. The summed E-state index contributed by atoms with van der Waals surface area (Å²) >= 11 is 6.13. The summed E-state index contributed by atoms with van der Waals surface area (Å²) in [7, 11) is -2.72. The minimum atomic E-state index is -3.95. The molecule has 2 aromatic carbocycles. The average Bonchev–Trinajstić information content (AvgIpc) is 2.71. The summed E-state index contributed by atoms with van der Waals surface area (Å²) in [5.41, 5.74) is 2.53. The van der Waals surface area contributed by atoms with Crippen LogP contribution in [-0.2, 0) is 32.7 Å². The number of rotatable bonds is 8. The molecule has 0 N–H and O–H groups in total. The maximum absolute atomic E-state index is 12.7. The van der Waals surface area contributed by atoms with E-state index in [9.17, 15) is 8.42 Å². The molecular formula is C20H19ClN2O4S. The second-order valence-corrected chi connectivity index (χ2v) is 8.03. The number of sulfonamides is 1. The van der Waals surface area contributed by atoms with E-state index in [2.05, 4.69) is 4.98 Å². The molecule has 0 saturated heterocycles. The van der Waals surface area contributed by atoms with E-state index in [1.807, 2.05) is 24.3 Å². The van der Waals surface area contributed by atoms with Gasteiger partial charge in [-0.15, -0.1) is 0 Å². The van der Waals surface area contributed by atoms with Crippen molar-refractivity contribution in [2.24, 2.45) is 0 Å². The van der Waals surface area contributed by atoms with Crippen molar-refractivity contribution < 1.29 is 18.1 Å². The second-order valence-electron chi connectivity index (χ2n) is 5.88. The first-order valence-electron chi connectivity index (χ1n) is 8.45. The molecule has 0 spiro atoms. The van der Waals surface area contributed by atoms with Gasteiger partial charge in [0.15, 0.2) is 0 Å². The summed E-state index contributed by atoms with van der Waals surface area (Å²) in [5.74, 6) is 0. The Balaban J connectivity index is 1.79. The van der Waals surface area contributed by atoms with E-state index in [0.717, 1.165) is 16.8 Å². The third-order valence-corrected chi connectivity index (χ3v) is 5.73. The smallest absolute Gasteiger partial charge is 0.264 e. The van der Waals surface area contributed by atoms with Crippen molar-refractivity contribution in [2.75, 3.05) is 7.11 Å². The van der Waals surface area contributed by atoms with Gasteiger partial charge in [-0.3, -0.25) is 14.7 Å². The van der Waals surface area contributed by atoms with Crippen molar-refractivity contribution in [1.29, 1.82) is 0 Å². The molecule has 0 amide bonds. The van der Waals surface area contributed by atoms with E-state index in [-0.39, 0.29) is 11.5 Å². The summed E-state index contributed by atoms with van der Waals surface area (Å²) < 4.78 is 25.8. The summed E-state index contributed by atoms with van der Waals surface area (Å²) in [6.45, 7) is -0.0146. The van der Waals surface area contributed by atoms with Gasteiger partial charge >= 0.3 is 0 Å². The molecule has 28 heavy (non-hydrogen) atoms. The molecule has 0 aliphatic carbocycles. The Morgan fingerprint density at radius 2 is 1.75 bits per heavy atom. The number of hydrogen-bond acceptors (Lipinski definition) is 5. The van der Waals surface area contributed by atoms with Gasteiger partial charge in [0.1, 0.15) is 0 Å². The van der Waals surface area contributed by atoms with Crippen LogP contribution >= 0.6 is 11.6 Å². The van der Waals surface area contributed by atoms with Crippen molar-refractivity contribution in [3.05, 3.63) is 94.8 Å². The van der Waals surface area contributed by atoms with Crippen LogP contribution in [-0.4, -0.2) is 25.1 Å². The van der Waals surface area contributed by atoms with Crippen molar-refractivity contribution in [3.63, 3.8) is 0 Å². The zero-order valence-electron chi connectivity index (χ0n) is 15.2. The summed E-state index contributed by atoms with van der Waals surface area (Å²) in [6, 6.07) is 18.9. The standard InChI is InChI=1S/C20H19ClN2O4S/c1-26-23(28(24,25)20-8-3-2-4-9-20)27-15-16-10-11-18(21)13-17(16)14-19-7-5-6-12-22-19/h2-13H,14-15H2,1H3. The molecule has 146 valence electrons. The normalized spacial score (nSPS) is 11.7. The lowest BCUT2D eigenvalue weighted by Crippen LogP contribution is -2.30. The van der Waals surface area contributed by atoms with Crippen LogP contribution in [0.4, 0.5) is 0 Å². The molecule has 0 bridgehead atoms. The highest BCUT2D eigenvalue weighted by atomic mass is 35.5. The van der Waals surface area contributed by atoms with Crippen LogP contribution in [0.25, 0.3) is 0 Å². The highest BCUT2D eigenvalue weighted by molar-refractivity contribution is 7.88. The lowest BCUT2D eigenvalue weighted by atomic mass is 10.0. The van der Waals surface area contributed by atoms with Crippen molar-refractivity contribution in [2.45, 2.75) is 17.9 Å². The Labute approximate surface area is 169 Å². The van der Waals surface area contributed by atoms with E-state index in [1.165, 1.54) is 19.2 Å². The average molecular weight is 419 g/mol. The summed E-state index contributed by atoms with van der Waals surface area (Å²) in [6.07, 6.45) is 2.26.